The molecule has 0 unspecified atom stereocenters. The van der Waals surface area contributed by atoms with E-state index < -0.39 is 0 Å². The summed E-state index contributed by atoms with van der Waals surface area (Å²) in [5.41, 5.74) is 6.39. The normalized spacial score (nSPS) is 10.7. The Balaban J connectivity index is 2.21. The van der Waals surface area contributed by atoms with Crippen LogP contribution in [0.15, 0.2) is 35.8 Å². The van der Waals surface area contributed by atoms with Crippen molar-refractivity contribution in [3.8, 4) is 0 Å². The number of hydrogen-bond donors (Lipinski definition) is 1. The van der Waals surface area contributed by atoms with Crippen LogP contribution in [0.4, 0.5) is 5.82 Å². The molecule has 5 heteroatoms. The first-order valence-electron chi connectivity index (χ1n) is 6.13. The molecule has 0 amide bonds. The van der Waals surface area contributed by atoms with Gasteiger partial charge in [-0.25, -0.2) is 4.98 Å². The Bertz CT molecular complexity index is 532. The van der Waals surface area contributed by atoms with Gasteiger partial charge in [0.2, 0.25) is 0 Å². The minimum Gasteiger partial charge on any atom is -0.389 e. The highest BCUT2D eigenvalue weighted by Gasteiger charge is 2.13. The van der Waals surface area contributed by atoms with Crippen molar-refractivity contribution in [1.82, 2.24) is 4.98 Å². The van der Waals surface area contributed by atoms with Crippen LogP contribution >= 0.6 is 23.6 Å². The van der Waals surface area contributed by atoms with Crippen molar-refractivity contribution >= 4 is 34.4 Å². The average molecular weight is 291 g/mol. The second kappa shape index (κ2) is 6.12. The summed E-state index contributed by atoms with van der Waals surface area (Å²) in [4.78, 5) is 8.43. The van der Waals surface area contributed by atoms with Gasteiger partial charge in [0.05, 0.1) is 6.54 Å². The minimum absolute atomic E-state index is 0.380. The van der Waals surface area contributed by atoms with Crippen LogP contribution in [0.5, 0.6) is 0 Å². The lowest BCUT2D eigenvalue weighted by molar-refractivity contribution is 0.677. The molecule has 0 saturated heterocycles. The van der Waals surface area contributed by atoms with E-state index in [9.17, 15) is 0 Å². The van der Waals surface area contributed by atoms with Crippen LogP contribution in [0.25, 0.3) is 0 Å². The first-order valence-corrected chi connectivity index (χ1v) is 7.41. The highest BCUT2D eigenvalue weighted by Crippen LogP contribution is 2.20. The van der Waals surface area contributed by atoms with Gasteiger partial charge >= 0.3 is 0 Å². The van der Waals surface area contributed by atoms with Crippen LogP contribution in [-0.4, -0.2) is 16.0 Å². The third kappa shape index (κ3) is 3.52. The number of nitrogens with zero attached hydrogens (tertiary/aromatic N) is 2. The first-order chi connectivity index (χ1) is 9.08. The Morgan fingerprint density at radius 2 is 2.21 bits per heavy atom. The molecule has 0 aliphatic rings. The molecule has 0 saturated carbocycles. The predicted molar refractivity (Wildman–Crippen MR) is 85.8 cm³/mol. The fourth-order valence-electron chi connectivity index (χ4n) is 1.80. The largest absolute Gasteiger partial charge is 0.389 e. The maximum atomic E-state index is 5.59. The highest BCUT2D eigenvalue weighted by atomic mass is 32.1. The molecule has 0 spiro atoms. The Labute approximate surface area is 123 Å². The topological polar surface area (TPSA) is 42.1 Å². The summed E-state index contributed by atoms with van der Waals surface area (Å²) in [6.07, 6.45) is 1.74. The van der Waals surface area contributed by atoms with E-state index in [-0.39, 0.29) is 0 Å². The number of anilines is 1. The summed E-state index contributed by atoms with van der Waals surface area (Å²) < 4.78 is 0. The lowest BCUT2D eigenvalue weighted by atomic mass is 10.2. The number of pyridine rings is 1. The molecule has 2 N–H and O–H groups in total. The van der Waals surface area contributed by atoms with Crippen molar-refractivity contribution < 1.29 is 0 Å². The molecule has 0 fully saturated rings. The zero-order chi connectivity index (χ0) is 13.8. The number of rotatable bonds is 5. The van der Waals surface area contributed by atoms with Gasteiger partial charge in [-0.3, -0.25) is 0 Å². The molecule has 0 atom stereocenters. The number of thiocarbonyl (C=S) groups is 1. The van der Waals surface area contributed by atoms with Gasteiger partial charge < -0.3 is 10.6 Å². The van der Waals surface area contributed by atoms with Crippen LogP contribution < -0.4 is 10.6 Å². The van der Waals surface area contributed by atoms with Crippen molar-refractivity contribution in [2.75, 3.05) is 4.90 Å². The van der Waals surface area contributed by atoms with E-state index >= 15 is 0 Å². The summed E-state index contributed by atoms with van der Waals surface area (Å²) in [5, 5.41) is 2.09. The second-order valence-corrected chi connectivity index (χ2v) is 6.04. The molecular formula is C14H17N3S2. The van der Waals surface area contributed by atoms with Crippen LogP contribution in [-0.2, 0) is 6.54 Å². The zero-order valence-electron chi connectivity index (χ0n) is 11.0. The van der Waals surface area contributed by atoms with E-state index in [2.05, 4.69) is 41.2 Å². The summed E-state index contributed by atoms with van der Waals surface area (Å²) in [7, 11) is 0. The standard InChI is InChI=1S/C14H17N3S2/c1-10(2)17(9-12-4-3-7-19-12)13-6-5-11(8-16-13)14(15)18/h3-8,10H,9H2,1-2H3,(H2,15,18). The summed E-state index contributed by atoms with van der Waals surface area (Å²) >= 11 is 6.70. The van der Waals surface area contributed by atoms with Crippen molar-refractivity contribution in [3.05, 3.63) is 46.3 Å². The fraction of sp³-hybridized carbons (Fsp3) is 0.286. The molecule has 100 valence electrons. The van der Waals surface area contributed by atoms with E-state index in [1.54, 1.807) is 17.5 Å². The Hall–Kier alpha value is -1.46. The fourth-order valence-corrected chi connectivity index (χ4v) is 2.62. The van der Waals surface area contributed by atoms with Gasteiger partial charge in [-0.15, -0.1) is 11.3 Å². The molecule has 0 radical (unpaired) electrons. The van der Waals surface area contributed by atoms with Crippen LogP contribution in [0.1, 0.15) is 24.3 Å². The van der Waals surface area contributed by atoms with E-state index in [1.807, 2.05) is 12.1 Å². The van der Waals surface area contributed by atoms with Crippen molar-refractivity contribution in [3.63, 3.8) is 0 Å². The van der Waals surface area contributed by atoms with Crippen LogP contribution in [0.3, 0.4) is 0 Å². The zero-order valence-corrected chi connectivity index (χ0v) is 12.7. The summed E-state index contributed by atoms with van der Waals surface area (Å²) in [6, 6.07) is 8.49. The molecule has 2 heterocycles. The third-order valence-corrected chi connectivity index (χ3v) is 3.95. The monoisotopic (exact) mass is 291 g/mol. The number of nitrogens with two attached hydrogens (primary N) is 1. The average Bonchev–Trinajstić information content (AvgIpc) is 2.88. The van der Waals surface area contributed by atoms with E-state index in [0.717, 1.165) is 17.9 Å². The Kier molecular flexibility index (Phi) is 4.50. The lowest BCUT2D eigenvalue weighted by Crippen LogP contribution is -2.30. The molecule has 19 heavy (non-hydrogen) atoms. The Morgan fingerprint density at radius 1 is 1.42 bits per heavy atom. The molecule has 0 bridgehead atoms. The molecule has 3 nitrogen and oxygen atoms in total. The maximum Gasteiger partial charge on any atom is 0.129 e. The molecule has 0 aliphatic heterocycles. The number of thiophene rings is 1. The van der Waals surface area contributed by atoms with Crippen LogP contribution in [0, 0.1) is 0 Å². The SMILES string of the molecule is CC(C)N(Cc1cccs1)c1ccc(C(N)=S)cn1. The van der Waals surface area contributed by atoms with E-state index in [0.29, 0.717) is 11.0 Å². The number of aromatic nitrogens is 1. The summed E-state index contributed by atoms with van der Waals surface area (Å²) in [5.74, 6) is 0.948. The van der Waals surface area contributed by atoms with Gasteiger partial charge in [0, 0.05) is 22.7 Å². The van der Waals surface area contributed by atoms with Gasteiger partial charge in [0.15, 0.2) is 0 Å². The molecular weight excluding hydrogens is 274 g/mol. The molecule has 2 rings (SSSR count). The third-order valence-electron chi connectivity index (χ3n) is 2.86. The van der Waals surface area contributed by atoms with Crippen molar-refractivity contribution in [1.29, 1.82) is 0 Å². The molecule has 0 aliphatic carbocycles. The van der Waals surface area contributed by atoms with Gasteiger partial charge in [-0.2, -0.15) is 0 Å². The Morgan fingerprint density at radius 3 is 2.68 bits per heavy atom. The minimum atomic E-state index is 0.380. The first kappa shape index (κ1) is 14.0. The van der Waals surface area contributed by atoms with Gasteiger partial charge in [-0.05, 0) is 37.4 Å². The molecule has 0 aromatic carbocycles. The van der Waals surface area contributed by atoms with Crippen LogP contribution in [0.2, 0.25) is 0 Å². The second-order valence-electron chi connectivity index (χ2n) is 4.57. The number of hydrogen-bond acceptors (Lipinski definition) is 4. The van der Waals surface area contributed by atoms with E-state index in [1.165, 1.54) is 4.88 Å². The smallest absolute Gasteiger partial charge is 0.129 e. The van der Waals surface area contributed by atoms with Crippen molar-refractivity contribution in [2.24, 2.45) is 5.73 Å². The quantitative estimate of drug-likeness (QED) is 0.859. The molecule has 2 aromatic rings. The van der Waals surface area contributed by atoms with Crippen molar-refractivity contribution in [2.45, 2.75) is 26.4 Å². The molecule has 2 aromatic heterocycles. The van der Waals surface area contributed by atoms with Gasteiger partial charge in [0.25, 0.3) is 0 Å². The predicted octanol–water partition coefficient (Wildman–Crippen LogP) is 3.19. The highest BCUT2D eigenvalue weighted by molar-refractivity contribution is 7.80. The van der Waals surface area contributed by atoms with Gasteiger partial charge in [-0.1, -0.05) is 18.3 Å². The lowest BCUT2D eigenvalue weighted by Gasteiger charge is -2.27. The van der Waals surface area contributed by atoms with Gasteiger partial charge in [0.1, 0.15) is 10.8 Å². The summed E-state index contributed by atoms with van der Waals surface area (Å²) in [6.45, 7) is 5.20. The van der Waals surface area contributed by atoms with E-state index in [4.69, 9.17) is 18.0 Å². The maximum absolute atomic E-state index is 5.59.